The molecule has 3 heteroatoms. The fourth-order valence-electron chi connectivity index (χ4n) is 1.82. The Labute approximate surface area is 118 Å². The lowest BCUT2D eigenvalue weighted by atomic mass is 9.87. The highest BCUT2D eigenvalue weighted by Crippen LogP contribution is 2.32. The summed E-state index contributed by atoms with van der Waals surface area (Å²) in [5.74, 6) is 0. The van der Waals surface area contributed by atoms with Gasteiger partial charge < -0.3 is 5.32 Å². The first kappa shape index (κ1) is 15.0. The molecule has 1 unspecified atom stereocenters. The summed E-state index contributed by atoms with van der Waals surface area (Å²) in [6, 6.07) is 6.42. The minimum Gasteiger partial charge on any atom is -0.313 e. The maximum atomic E-state index is 6.28. The van der Waals surface area contributed by atoms with Gasteiger partial charge in [-0.1, -0.05) is 54.4 Å². The highest BCUT2D eigenvalue weighted by atomic mass is 79.9. The molecule has 0 saturated carbocycles. The van der Waals surface area contributed by atoms with E-state index in [9.17, 15) is 0 Å². The molecule has 0 fully saturated rings. The van der Waals surface area contributed by atoms with Crippen LogP contribution in [0.5, 0.6) is 0 Å². The van der Waals surface area contributed by atoms with Gasteiger partial charge in [-0.2, -0.15) is 0 Å². The lowest BCUT2D eigenvalue weighted by molar-refractivity contribution is 0.338. The summed E-state index contributed by atoms with van der Waals surface area (Å²) in [6.07, 6.45) is 2.27. The zero-order chi connectivity index (χ0) is 13.1. The fourth-order valence-corrected chi connectivity index (χ4v) is 2.62. The van der Waals surface area contributed by atoms with Crippen LogP contribution < -0.4 is 5.32 Å². The van der Waals surface area contributed by atoms with Crippen molar-refractivity contribution in [2.75, 3.05) is 7.05 Å². The summed E-state index contributed by atoms with van der Waals surface area (Å²) in [4.78, 5) is 0. The Hall–Kier alpha value is -0.0500. The molecule has 96 valence electrons. The number of benzene rings is 1. The van der Waals surface area contributed by atoms with Crippen molar-refractivity contribution in [2.24, 2.45) is 5.41 Å². The summed E-state index contributed by atoms with van der Waals surface area (Å²) in [5.41, 5.74) is 1.54. The smallest absolute Gasteiger partial charge is 0.0465 e. The minimum atomic E-state index is 0.329. The van der Waals surface area contributed by atoms with Crippen molar-refractivity contribution >= 4 is 27.5 Å². The van der Waals surface area contributed by atoms with Crippen LogP contribution in [0, 0.1) is 5.41 Å². The van der Waals surface area contributed by atoms with Gasteiger partial charge in [-0.25, -0.2) is 0 Å². The Morgan fingerprint density at radius 1 is 1.35 bits per heavy atom. The Kier molecular flexibility index (Phi) is 5.49. The predicted octanol–water partition coefficient (Wildman–Crippen LogP) is 5.19. The molecule has 1 aromatic rings. The molecule has 0 bridgehead atoms. The van der Waals surface area contributed by atoms with E-state index in [2.05, 4.69) is 48.1 Å². The quantitative estimate of drug-likeness (QED) is 0.805. The molecule has 0 spiro atoms. The Morgan fingerprint density at radius 2 is 2.00 bits per heavy atom. The molecule has 17 heavy (non-hydrogen) atoms. The maximum Gasteiger partial charge on any atom is 0.0465 e. The molecule has 1 nitrogen and oxygen atoms in total. The van der Waals surface area contributed by atoms with Crippen LogP contribution in [0.3, 0.4) is 0 Å². The van der Waals surface area contributed by atoms with Crippen molar-refractivity contribution in [1.82, 2.24) is 5.32 Å². The van der Waals surface area contributed by atoms with Crippen LogP contribution >= 0.6 is 27.5 Å². The average molecular weight is 319 g/mol. The molecule has 1 rings (SSSR count). The molecule has 0 aromatic heterocycles. The molecule has 0 radical (unpaired) electrons. The van der Waals surface area contributed by atoms with Gasteiger partial charge in [0.15, 0.2) is 0 Å². The van der Waals surface area contributed by atoms with Gasteiger partial charge in [0.05, 0.1) is 0 Å². The molecule has 1 aromatic carbocycles. The molecular weight excluding hydrogens is 298 g/mol. The predicted molar refractivity (Wildman–Crippen MR) is 79.6 cm³/mol. The largest absolute Gasteiger partial charge is 0.313 e. The standard InChI is InChI=1S/C14H21BrClN/c1-14(2,3)8-7-13(17-4)11-6-5-10(15)9-12(11)16/h5-6,9,13,17H,7-8H2,1-4H3. The summed E-state index contributed by atoms with van der Waals surface area (Å²) >= 11 is 9.72. The normalized spacial score (nSPS) is 13.8. The van der Waals surface area contributed by atoms with Gasteiger partial charge in [-0.05, 0) is 43.0 Å². The van der Waals surface area contributed by atoms with Gasteiger partial charge in [0.1, 0.15) is 0 Å². The fraction of sp³-hybridized carbons (Fsp3) is 0.571. The van der Waals surface area contributed by atoms with E-state index in [1.54, 1.807) is 0 Å². The second kappa shape index (κ2) is 6.21. The van der Waals surface area contributed by atoms with E-state index in [0.717, 1.165) is 15.9 Å². The average Bonchev–Trinajstić information content (AvgIpc) is 2.19. The zero-order valence-corrected chi connectivity index (χ0v) is 13.3. The van der Waals surface area contributed by atoms with Crippen LogP contribution in [0.15, 0.2) is 22.7 Å². The number of nitrogens with one attached hydrogen (secondary N) is 1. The van der Waals surface area contributed by atoms with Crippen molar-refractivity contribution in [3.05, 3.63) is 33.3 Å². The van der Waals surface area contributed by atoms with E-state index in [1.165, 1.54) is 12.0 Å². The van der Waals surface area contributed by atoms with Crippen molar-refractivity contribution in [3.8, 4) is 0 Å². The summed E-state index contributed by atoms with van der Waals surface area (Å²) < 4.78 is 1.02. The first-order valence-electron chi connectivity index (χ1n) is 5.96. The molecule has 0 aliphatic carbocycles. The van der Waals surface area contributed by atoms with Crippen molar-refractivity contribution in [3.63, 3.8) is 0 Å². The first-order chi connectivity index (χ1) is 7.83. The Bertz CT molecular complexity index is 371. The lowest BCUT2D eigenvalue weighted by Crippen LogP contribution is -2.19. The molecule has 0 aliphatic heterocycles. The third-order valence-corrected chi connectivity index (χ3v) is 3.69. The van der Waals surface area contributed by atoms with Crippen LogP contribution in [-0.2, 0) is 0 Å². The van der Waals surface area contributed by atoms with Gasteiger partial charge in [-0.3, -0.25) is 0 Å². The van der Waals surface area contributed by atoms with Gasteiger partial charge in [-0.15, -0.1) is 0 Å². The van der Waals surface area contributed by atoms with Crippen LogP contribution in [0.2, 0.25) is 5.02 Å². The van der Waals surface area contributed by atoms with E-state index in [0.29, 0.717) is 11.5 Å². The van der Waals surface area contributed by atoms with E-state index in [4.69, 9.17) is 11.6 Å². The van der Waals surface area contributed by atoms with Crippen LogP contribution in [0.25, 0.3) is 0 Å². The number of rotatable bonds is 4. The van der Waals surface area contributed by atoms with Crippen LogP contribution in [0.1, 0.15) is 45.2 Å². The highest BCUT2D eigenvalue weighted by Gasteiger charge is 2.17. The summed E-state index contributed by atoms with van der Waals surface area (Å²) in [7, 11) is 1.99. The maximum absolute atomic E-state index is 6.28. The molecular formula is C14H21BrClN. The van der Waals surface area contributed by atoms with E-state index in [1.807, 2.05) is 19.2 Å². The molecule has 0 heterocycles. The van der Waals surface area contributed by atoms with E-state index < -0.39 is 0 Å². The monoisotopic (exact) mass is 317 g/mol. The number of halogens is 2. The first-order valence-corrected chi connectivity index (χ1v) is 7.13. The molecule has 0 saturated heterocycles. The van der Waals surface area contributed by atoms with Crippen LogP contribution in [0.4, 0.5) is 0 Å². The second-order valence-electron chi connectivity index (χ2n) is 5.61. The third-order valence-electron chi connectivity index (χ3n) is 2.87. The zero-order valence-electron chi connectivity index (χ0n) is 11.0. The summed E-state index contributed by atoms with van der Waals surface area (Å²) in [5, 5.41) is 4.18. The Morgan fingerprint density at radius 3 is 2.47 bits per heavy atom. The van der Waals surface area contributed by atoms with Crippen molar-refractivity contribution in [1.29, 1.82) is 0 Å². The van der Waals surface area contributed by atoms with Crippen molar-refractivity contribution < 1.29 is 0 Å². The minimum absolute atomic E-state index is 0.329. The Balaban J connectivity index is 2.79. The van der Waals surface area contributed by atoms with E-state index >= 15 is 0 Å². The number of hydrogen-bond acceptors (Lipinski definition) is 1. The van der Waals surface area contributed by atoms with Gasteiger partial charge in [0.25, 0.3) is 0 Å². The van der Waals surface area contributed by atoms with Gasteiger partial charge in [0.2, 0.25) is 0 Å². The number of hydrogen-bond donors (Lipinski definition) is 1. The summed E-state index contributed by atoms with van der Waals surface area (Å²) in [6.45, 7) is 6.80. The molecule has 1 atom stereocenters. The van der Waals surface area contributed by atoms with Crippen LogP contribution in [-0.4, -0.2) is 7.05 Å². The second-order valence-corrected chi connectivity index (χ2v) is 6.93. The van der Waals surface area contributed by atoms with Gasteiger partial charge in [0, 0.05) is 15.5 Å². The molecule has 0 amide bonds. The van der Waals surface area contributed by atoms with E-state index in [-0.39, 0.29) is 0 Å². The molecule has 0 aliphatic rings. The lowest BCUT2D eigenvalue weighted by Gasteiger charge is -2.24. The van der Waals surface area contributed by atoms with Gasteiger partial charge >= 0.3 is 0 Å². The SMILES string of the molecule is CNC(CCC(C)(C)C)c1ccc(Br)cc1Cl. The third kappa shape index (κ3) is 4.99. The van der Waals surface area contributed by atoms with Crippen molar-refractivity contribution in [2.45, 2.75) is 39.7 Å². The topological polar surface area (TPSA) is 12.0 Å². The molecule has 1 N–H and O–H groups in total. The highest BCUT2D eigenvalue weighted by molar-refractivity contribution is 9.10.